The molecule has 0 spiro atoms. The minimum atomic E-state index is 0.160. The molecule has 0 saturated carbocycles. The normalized spacial score (nSPS) is 10.6. The highest BCUT2D eigenvalue weighted by Crippen LogP contribution is 2.10. The van der Waals surface area contributed by atoms with Crippen LogP contribution in [0.2, 0.25) is 0 Å². The molecule has 0 aliphatic carbocycles. The summed E-state index contributed by atoms with van der Waals surface area (Å²) in [5.41, 5.74) is 1.94. The van der Waals surface area contributed by atoms with Crippen LogP contribution in [-0.2, 0) is 11.3 Å². The molecule has 1 amide bonds. The highest BCUT2D eigenvalue weighted by atomic mass is 16.2. The van der Waals surface area contributed by atoms with Gasteiger partial charge >= 0.3 is 0 Å². The van der Waals surface area contributed by atoms with Gasteiger partial charge in [-0.1, -0.05) is 12.1 Å². The van der Waals surface area contributed by atoms with E-state index in [0.717, 1.165) is 17.8 Å². The minimum absolute atomic E-state index is 0.160. The van der Waals surface area contributed by atoms with Crippen LogP contribution in [0, 0.1) is 0 Å². The first-order valence-corrected chi connectivity index (χ1v) is 6.56. The maximum atomic E-state index is 12.0. The Morgan fingerprint density at radius 1 is 1.53 bits per heavy atom. The average Bonchev–Trinajstić information content (AvgIpc) is 2.85. The van der Waals surface area contributed by atoms with Crippen molar-refractivity contribution in [2.45, 2.75) is 26.3 Å². The zero-order valence-corrected chi connectivity index (χ0v) is 11.2. The first-order chi connectivity index (χ1) is 9.26. The molecule has 2 aromatic rings. The van der Waals surface area contributed by atoms with Crippen molar-refractivity contribution >= 4 is 11.6 Å². The van der Waals surface area contributed by atoms with E-state index >= 15 is 0 Å². The van der Waals surface area contributed by atoms with Crippen LogP contribution in [0.25, 0.3) is 5.65 Å². The van der Waals surface area contributed by atoms with Crippen LogP contribution in [0.1, 0.15) is 25.5 Å². The molecular formula is C15H19N3O. The lowest BCUT2D eigenvalue weighted by Crippen LogP contribution is -2.30. The van der Waals surface area contributed by atoms with Gasteiger partial charge in [0.05, 0.1) is 18.4 Å². The van der Waals surface area contributed by atoms with E-state index in [1.165, 1.54) is 0 Å². The number of hydrogen-bond acceptors (Lipinski definition) is 2. The van der Waals surface area contributed by atoms with Crippen LogP contribution < -0.4 is 0 Å². The average molecular weight is 257 g/mol. The summed E-state index contributed by atoms with van der Waals surface area (Å²) < 4.78 is 2.02. The summed E-state index contributed by atoms with van der Waals surface area (Å²) in [6, 6.07) is 5.88. The molecule has 4 nitrogen and oxygen atoms in total. The lowest BCUT2D eigenvalue weighted by molar-refractivity contribution is -0.131. The van der Waals surface area contributed by atoms with Crippen molar-refractivity contribution in [3.8, 4) is 0 Å². The number of nitrogens with zero attached hydrogens (tertiary/aromatic N) is 3. The summed E-state index contributed by atoms with van der Waals surface area (Å²) in [5.74, 6) is 0.160. The lowest BCUT2D eigenvalue weighted by atomic mass is 10.2. The van der Waals surface area contributed by atoms with Crippen LogP contribution in [0.5, 0.6) is 0 Å². The van der Waals surface area contributed by atoms with E-state index in [0.29, 0.717) is 19.5 Å². The zero-order chi connectivity index (χ0) is 13.7. The third-order valence-corrected chi connectivity index (χ3v) is 3.14. The summed E-state index contributed by atoms with van der Waals surface area (Å²) >= 11 is 0. The van der Waals surface area contributed by atoms with Crippen molar-refractivity contribution in [3.05, 3.63) is 48.9 Å². The first kappa shape index (κ1) is 13.3. The molecule has 0 aliphatic heterocycles. The van der Waals surface area contributed by atoms with Crippen LogP contribution >= 0.6 is 0 Å². The number of fused-ring (bicyclic) bond motifs is 1. The second kappa shape index (κ2) is 6.18. The van der Waals surface area contributed by atoms with E-state index in [2.05, 4.69) is 11.6 Å². The number of allylic oxidation sites excluding steroid dienone is 1. The number of carbonyl (C=O) groups is 1. The third-order valence-electron chi connectivity index (χ3n) is 3.14. The first-order valence-electron chi connectivity index (χ1n) is 6.56. The smallest absolute Gasteiger partial charge is 0.223 e. The Morgan fingerprint density at radius 2 is 2.37 bits per heavy atom. The fraction of sp³-hybridized carbons (Fsp3) is 0.333. The SMILES string of the molecule is C=CCCC(=O)N(CC)Cc1cnc2ccccn12. The van der Waals surface area contributed by atoms with Crippen molar-refractivity contribution in [3.63, 3.8) is 0 Å². The Bertz CT molecular complexity index is 574. The molecule has 0 atom stereocenters. The van der Waals surface area contributed by atoms with Crippen LogP contribution in [0.4, 0.5) is 0 Å². The van der Waals surface area contributed by atoms with Gasteiger partial charge in [-0.2, -0.15) is 0 Å². The molecule has 2 aromatic heterocycles. The Kier molecular flexibility index (Phi) is 4.34. The Labute approximate surface area is 113 Å². The Balaban J connectivity index is 2.13. The summed E-state index contributed by atoms with van der Waals surface area (Å²) in [6.45, 7) is 6.94. The molecule has 0 saturated heterocycles. The van der Waals surface area contributed by atoms with Crippen molar-refractivity contribution < 1.29 is 4.79 Å². The highest BCUT2D eigenvalue weighted by Gasteiger charge is 2.13. The molecule has 0 aromatic carbocycles. The topological polar surface area (TPSA) is 37.6 Å². The molecule has 0 N–H and O–H groups in total. The van der Waals surface area contributed by atoms with Crippen molar-refractivity contribution in [2.24, 2.45) is 0 Å². The summed E-state index contributed by atoms with van der Waals surface area (Å²) in [7, 11) is 0. The number of hydrogen-bond donors (Lipinski definition) is 0. The summed E-state index contributed by atoms with van der Waals surface area (Å²) in [4.78, 5) is 18.2. The van der Waals surface area contributed by atoms with E-state index in [1.54, 1.807) is 6.08 Å². The quantitative estimate of drug-likeness (QED) is 0.746. The number of carbonyl (C=O) groups excluding carboxylic acids is 1. The summed E-state index contributed by atoms with van der Waals surface area (Å²) in [5, 5.41) is 0. The number of aromatic nitrogens is 2. The standard InChI is InChI=1S/C15H19N3O/c1-3-5-9-15(19)17(4-2)12-13-11-16-14-8-6-7-10-18(13)14/h3,6-8,10-11H,1,4-5,9,12H2,2H3. The molecule has 0 radical (unpaired) electrons. The fourth-order valence-corrected chi connectivity index (χ4v) is 2.06. The molecule has 0 bridgehead atoms. The van der Waals surface area contributed by atoms with Crippen molar-refractivity contribution in [1.29, 1.82) is 0 Å². The maximum Gasteiger partial charge on any atom is 0.223 e. The van der Waals surface area contributed by atoms with Crippen LogP contribution in [0.15, 0.2) is 43.2 Å². The van der Waals surface area contributed by atoms with E-state index in [9.17, 15) is 4.79 Å². The van der Waals surface area contributed by atoms with E-state index in [1.807, 2.05) is 46.8 Å². The van der Waals surface area contributed by atoms with Gasteiger partial charge in [-0.05, 0) is 25.5 Å². The zero-order valence-electron chi connectivity index (χ0n) is 11.2. The minimum Gasteiger partial charge on any atom is -0.337 e. The monoisotopic (exact) mass is 257 g/mol. The highest BCUT2D eigenvalue weighted by molar-refractivity contribution is 5.76. The van der Waals surface area contributed by atoms with E-state index < -0.39 is 0 Å². The van der Waals surface area contributed by atoms with Gasteiger partial charge in [-0.15, -0.1) is 6.58 Å². The van der Waals surface area contributed by atoms with Gasteiger partial charge in [0.1, 0.15) is 5.65 Å². The summed E-state index contributed by atoms with van der Waals surface area (Å²) in [6.07, 6.45) is 6.83. The molecule has 0 aliphatic rings. The van der Waals surface area contributed by atoms with Crippen molar-refractivity contribution in [1.82, 2.24) is 14.3 Å². The van der Waals surface area contributed by atoms with Gasteiger partial charge in [0, 0.05) is 19.2 Å². The molecule has 2 heterocycles. The Morgan fingerprint density at radius 3 is 3.11 bits per heavy atom. The number of amides is 1. The van der Waals surface area contributed by atoms with Gasteiger partial charge in [0.2, 0.25) is 5.91 Å². The largest absolute Gasteiger partial charge is 0.337 e. The Hall–Kier alpha value is -2.10. The van der Waals surface area contributed by atoms with Gasteiger partial charge in [0.25, 0.3) is 0 Å². The second-order valence-corrected chi connectivity index (χ2v) is 4.41. The maximum absolute atomic E-state index is 12.0. The third kappa shape index (κ3) is 3.02. The van der Waals surface area contributed by atoms with Gasteiger partial charge in [-0.25, -0.2) is 4.98 Å². The molecule has 19 heavy (non-hydrogen) atoms. The van der Waals surface area contributed by atoms with Crippen molar-refractivity contribution in [2.75, 3.05) is 6.54 Å². The molecule has 4 heteroatoms. The molecular weight excluding hydrogens is 238 g/mol. The van der Waals surface area contributed by atoms with E-state index in [-0.39, 0.29) is 5.91 Å². The number of rotatable bonds is 6. The van der Waals surface area contributed by atoms with Crippen LogP contribution in [0.3, 0.4) is 0 Å². The lowest BCUT2D eigenvalue weighted by Gasteiger charge is -2.20. The molecule has 0 unspecified atom stereocenters. The molecule has 100 valence electrons. The second-order valence-electron chi connectivity index (χ2n) is 4.41. The van der Waals surface area contributed by atoms with E-state index in [4.69, 9.17) is 0 Å². The predicted octanol–water partition coefficient (Wildman–Crippen LogP) is 2.65. The van der Waals surface area contributed by atoms with Crippen LogP contribution in [-0.4, -0.2) is 26.7 Å². The number of pyridine rings is 1. The van der Waals surface area contributed by atoms with Gasteiger partial charge in [-0.3, -0.25) is 4.79 Å². The number of imidazole rings is 1. The van der Waals surface area contributed by atoms with Gasteiger partial charge in [0.15, 0.2) is 0 Å². The molecule has 2 rings (SSSR count). The van der Waals surface area contributed by atoms with Gasteiger partial charge < -0.3 is 9.30 Å². The predicted molar refractivity (Wildman–Crippen MR) is 75.7 cm³/mol. The molecule has 0 fully saturated rings. The fourth-order valence-electron chi connectivity index (χ4n) is 2.06.